The molecule has 1 fully saturated rings. The van der Waals surface area contributed by atoms with Gasteiger partial charge < -0.3 is 20.3 Å². The number of aliphatic hydroxyl groups is 2. The van der Waals surface area contributed by atoms with E-state index >= 15 is 0 Å². The summed E-state index contributed by atoms with van der Waals surface area (Å²) < 4.78 is 5.38. The van der Waals surface area contributed by atoms with E-state index in [2.05, 4.69) is 34.2 Å². The first-order valence-corrected chi connectivity index (χ1v) is 11.3. The second-order valence-electron chi connectivity index (χ2n) is 8.13. The molecule has 3 N–H and O–H groups in total. The number of amides is 1. The lowest BCUT2D eigenvalue weighted by atomic mass is 10.1. The maximum Gasteiger partial charge on any atom is 0.251 e. The summed E-state index contributed by atoms with van der Waals surface area (Å²) in [7, 11) is 0. The van der Waals surface area contributed by atoms with Gasteiger partial charge in [0.1, 0.15) is 12.6 Å². The summed E-state index contributed by atoms with van der Waals surface area (Å²) in [6.45, 7) is 5.06. The zero-order valence-electron chi connectivity index (χ0n) is 19.2. The summed E-state index contributed by atoms with van der Waals surface area (Å²) in [5.41, 5.74) is 3.40. The van der Waals surface area contributed by atoms with Crippen LogP contribution in [0.5, 0.6) is 0 Å². The number of carbonyl (C=O) groups is 2. The molecule has 0 aromatic heterocycles. The van der Waals surface area contributed by atoms with Crippen LogP contribution in [0.25, 0.3) is 6.08 Å². The fourth-order valence-corrected chi connectivity index (χ4v) is 3.51. The molecule has 1 amide bonds. The number of ether oxygens (including phenoxy) is 1. The molecule has 34 heavy (non-hydrogen) atoms. The Bertz CT molecular complexity index is 1040. The van der Waals surface area contributed by atoms with Crippen molar-refractivity contribution in [3.05, 3.63) is 76.9 Å². The zero-order valence-corrected chi connectivity index (χ0v) is 19.2. The van der Waals surface area contributed by atoms with Gasteiger partial charge in [0.15, 0.2) is 5.78 Å². The van der Waals surface area contributed by atoms with E-state index in [1.807, 2.05) is 18.2 Å². The number of benzene rings is 2. The number of hydrogen-bond acceptors (Lipinski definition) is 6. The topological polar surface area (TPSA) is 99.1 Å². The van der Waals surface area contributed by atoms with Crippen molar-refractivity contribution in [2.75, 3.05) is 32.9 Å². The van der Waals surface area contributed by atoms with Crippen LogP contribution in [0.1, 0.15) is 34.0 Å². The molecule has 2 aromatic rings. The summed E-state index contributed by atoms with van der Waals surface area (Å²) in [6, 6.07) is 13.9. The van der Waals surface area contributed by atoms with Crippen molar-refractivity contribution in [2.24, 2.45) is 0 Å². The van der Waals surface area contributed by atoms with E-state index in [1.54, 1.807) is 30.3 Å². The molecule has 0 radical (unpaired) electrons. The monoisotopic (exact) mass is 462 g/mol. The molecule has 2 atom stereocenters. The Labute approximate surface area is 200 Å². The van der Waals surface area contributed by atoms with Gasteiger partial charge in [-0.25, -0.2) is 0 Å². The van der Waals surface area contributed by atoms with Gasteiger partial charge in [-0.1, -0.05) is 36.1 Å². The fourth-order valence-electron chi connectivity index (χ4n) is 3.51. The number of ketones is 1. The summed E-state index contributed by atoms with van der Waals surface area (Å²) in [5, 5.41) is 21.1. The first-order chi connectivity index (χ1) is 16.5. The molecular formula is C27H30N2O5. The maximum absolute atomic E-state index is 12.3. The highest BCUT2D eigenvalue weighted by Crippen LogP contribution is 2.10. The number of hydrogen-bond donors (Lipinski definition) is 3. The summed E-state index contributed by atoms with van der Waals surface area (Å²) in [5.74, 6) is 4.99. The quantitative estimate of drug-likeness (QED) is 0.516. The van der Waals surface area contributed by atoms with Crippen molar-refractivity contribution in [1.82, 2.24) is 10.2 Å². The molecule has 0 aliphatic carbocycles. The van der Waals surface area contributed by atoms with Crippen LogP contribution in [0, 0.1) is 11.8 Å². The average molecular weight is 463 g/mol. The molecule has 1 saturated heterocycles. The normalized spacial score (nSPS) is 15.9. The molecular weight excluding hydrogens is 432 g/mol. The van der Waals surface area contributed by atoms with Gasteiger partial charge in [0.2, 0.25) is 0 Å². The van der Waals surface area contributed by atoms with Crippen LogP contribution in [0.3, 0.4) is 0 Å². The average Bonchev–Trinajstić information content (AvgIpc) is 2.86. The lowest BCUT2D eigenvalue weighted by Crippen LogP contribution is -2.48. The van der Waals surface area contributed by atoms with Gasteiger partial charge >= 0.3 is 0 Å². The Kier molecular flexibility index (Phi) is 9.56. The number of aliphatic hydroxyl groups excluding tert-OH is 2. The molecule has 7 nitrogen and oxygen atoms in total. The smallest absolute Gasteiger partial charge is 0.251 e. The number of nitrogens with zero attached hydrogens (tertiary/aromatic N) is 1. The molecule has 7 heteroatoms. The standard InChI is InChI=1S/C27H30N2O5/c1-20(31)26(25(32)19-30)28-27(33)24-12-10-22(11-13-24)5-3-2-4-21-6-8-23(9-7-21)18-29-14-16-34-17-15-29/h3,5-13,20,26,30-31H,14-19H2,1H3,(H,28,33)/b5-3+/t20-,26+/m1/s1. The zero-order chi connectivity index (χ0) is 24.3. The van der Waals surface area contributed by atoms with Crippen LogP contribution < -0.4 is 5.32 Å². The van der Waals surface area contributed by atoms with E-state index in [9.17, 15) is 14.7 Å². The van der Waals surface area contributed by atoms with E-state index in [0.717, 1.165) is 44.0 Å². The van der Waals surface area contributed by atoms with Gasteiger partial charge in [0.25, 0.3) is 5.91 Å². The first-order valence-electron chi connectivity index (χ1n) is 11.3. The minimum Gasteiger partial charge on any atom is -0.391 e. The molecule has 0 spiro atoms. The van der Waals surface area contributed by atoms with Gasteiger partial charge in [0, 0.05) is 30.8 Å². The summed E-state index contributed by atoms with van der Waals surface area (Å²) >= 11 is 0. The number of allylic oxidation sites excluding steroid dienone is 1. The third kappa shape index (κ3) is 7.65. The third-order valence-corrected chi connectivity index (χ3v) is 5.48. The highest BCUT2D eigenvalue weighted by atomic mass is 16.5. The van der Waals surface area contributed by atoms with E-state index in [0.29, 0.717) is 5.56 Å². The van der Waals surface area contributed by atoms with Gasteiger partial charge in [-0.15, -0.1) is 0 Å². The largest absolute Gasteiger partial charge is 0.391 e. The molecule has 0 saturated carbocycles. The summed E-state index contributed by atoms with van der Waals surface area (Å²) in [4.78, 5) is 26.4. The van der Waals surface area contributed by atoms with Gasteiger partial charge in [-0.05, 0) is 54.5 Å². The van der Waals surface area contributed by atoms with Crippen LogP contribution >= 0.6 is 0 Å². The highest BCUT2D eigenvalue weighted by molar-refractivity contribution is 5.98. The Balaban J connectivity index is 1.52. The Hall–Kier alpha value is -3.28. The van der Waals surface area contributed by atoms with E-state index in [4.69, 9.17) is 9.84 Å². The SMILES string of the molecule is C[C@@H](O)[C@H](NC(=O)c1ccc(/C=C/C#Cc2ccc(CN3CCOCC3)cc2)cc1)C(=O)CO. The lowest BCUT2D eigenvalue weighted by Gasteiger charge is -2.26. The number of nitrogens with one attached hydrogen (secondary N) is 1. The van der Waals surface area contributed by atoms with Gasteiger partial charge in [-0.2, -0.15) is 0 Å². The predicted octanol–water partition coefficient (Wildman–Crippen LogP) is 1.62. The second-order valence-corrected chi connectivity index (χ2v) is 8.13. The van der Waals surface area contributed by atoms with E-state index < -0.39 is 30.4 Å². The predicted molar refractivity (Wildman–Crippen MR) is 130 cm³/mol. The van der Waals surface area contributed by atoms with Crippen LogP contribution in [-0.4, -0.2) is 71.9 Å². The molecule has 1 heterocycles. The van der Waals surface area contributed by atoms with E-state index in [-0.39, 0.29) is 0 Å². The minimum absolute atomic E-state index is 0.344. The highest BCUT2D eigenvalue weighted by Gasteiger charge is 2.25. The molecule has 1 aliphatic rings. The second kappa shape index (κ2) is 12.8. The fraction of sp³-hybridized carbons (Fsp3) is 0.333. The number of carbonyl (C=O) groups excluding carboxylic acids is 2. The third-order valence-electron chi connectivity index (χ3n) is 5.48. The maximum atomic E-state index is 12.3. The number of morpholine rings is 1. The number of rotatable bonds is 8. The van der Waals surface area contributed by atoms with Crippen LogP contribution in [0.2, 0.25) is 0 Å². The Morgan fingerprint density at radius 2 is 1.79 bits per heavy atom. The lowest BCUT2D eigenvalue weighted by molar-refractivity contribution is -0.125. The molecule has 2 aromatic carbocycles. The van der Waals surface area contributed by atoms with Crippen molar-refractivity contribution in [3.8, 4) is 11.8 Å². The molecule has 0 bridgehead atoms. The summed E-state index contributed by atoms with van der Waals surface area (Å²) in [6.07, 6.45) is 2.49. The van der Waals surface area contributed by atoms with E-state index in [1.165, 1.54) is 12.5 Å². The van der Waals surface area contributed by atoms with Crippen LogP contribution in [0.4, 0.5) is 0 Å². The van der Waals surface area contributed by atoms with Gasteiger partial charge in [-0.3, -0.25) is 14.5 Å². The number of Topliss-reactive ketones (excluding diaryl/α,β-unsaturated/α-hetero) is 1. The van der Waals surface area contributed by atoms with Gasteiger partial charge in [0.05, 0.1) is 19.3 Å². The van der Waals surface area contributed by atoms with Crippen molar-refractivity contribution in [2.45, 2.75) is 25.6 Å². The molecule has 0 unspecified atom stereocenters. The van der Waals surface area contributed by atoms with Crippen molar-refractivity contribution in [1.29, 1.82) is 0 Å². The van der Waals surface area contributed by atoms with Crippen LogP contribution in [0.15, 0.2) is 54.6 Å². The minimum atomic E-state index is -1.15. The van der Waals surface area contributed by atoms with Crippen molar-refractivity contribution < 1.29 is 24.5 Å². The molecule has 3 rings (SSSR count). The Morgan fingerprint density at radius 3 is 2.41 bits per heavy atom. The van der Waals surface area contributed by atoms with Crippen LogP contribution in [-0.2, 0) is 16.1 Å². The molecule has 1 aliphatic heterocycles. The Morgan fingerprint density at radius 1 is 1.12 bits per heavy atom. The first kappa shape index (κ1) is 25.3. The molecule has 178 valence electrons. The van der Waals surface area contributed by atoms with Crippen molar-refractivity contribution >= 4 is 17.8 Å². The van der Waals surface area contributed by atoms with Crippen molar-refractivity contribution in [3.63, 3.8) is 0 Å².